The zero-order valence-electron chi connectivity index (χ0n) is 13.3. The standard InChI is InChI=1S/C19H21NO3/c1-14-13-20(10-11-23-14)19(22)9-8-18(21)17-7-6-15-4-2-3-5-16(15)12-17/h2-7,12,14H,8-11,13H2,1H3. The molecule has 1 fully saturated rings. The molecule has 23 heavy (non-hydrogen) atoms. The maximum Gasteiger partial charge on any atom is 0.223 e. The van der Waals surface area contributed by atoms with Gasteiger partial charge in [0.15, 0.2) is 5.78 Å². The van der Waals surface area contributed by atoms with Crippen LogP contribution in [-0.4, -0.2) is 42.4 Å². The number of amides is 1. The zero-order valence-corrected chi connectivity index (χ0v) is 13.3. The van der Waals surface area contributed by atoms with E-state index < -0.39 is 0 Å². The van der Waals surface area contributed by atoms with Crippen molar-refractivity contribution >= 4 is 22.5 Å². The number of carbonyl (C=O) groups is 2. The second kappa shape index (κ2) is 6.92. The fraction of sp³-hybridized carbons (Fsp3) is 0.368. The molecule has 3 rings (SSSR count). The first-order chi connectivity index (χ1) is 11.1. The predicted molar refractivity (Wildman–Crippen MR) is 89.5 cm³/mol. The molecule has 1 unspecified atom stereocenters. The van der Waals surface area contributed by atoms with E-state index in [0.29, 0.717) is 25.3 Å². The molecule has 1 amide bonds. The molecule has 2 aromatic carbocycles. The highest BCUT2D eigenvalue weighted by molar-refractivity contribution is 6.01. The van der Waals surface area contributed by atoms with E-state index in [4.69, 9.17) is 4.74 Å². The van der Waals surface area contributed by atoms with Crippen molar-refractivity contribution in [2.45, 2.75) is 25.9 Å². The Labute approximate surface area is 136 Å². The van der Waals surface area contributed by atoms with Gasteiger partial charge in [-0.25, -0.2) is 0 Å². The average molecular weight is 311 g/mol. The average Bonchev–Trinajstić information content (AvgIpc) is 2.59. The molecule has 1 heterocycles. The van der Waals surface area contributed by atoms with Crippen LogP contribution >= 0.6 is 0 Å². The summed E-state index contributed by atoms with van der Waals surface area (Å²) in [5, 5.41) is 2.16. The molecule has 120 valence electrons. The largest absolute Gasteiger partial charge is 0.375 e. The molecule has 0 aliphatic carbocycles. The third kappa shape index (κ3) is 3.77. The van der Waals surface area contributed by atoms with Gasteiger partial charge in [-0.15, -0.1) is 0 Å². The van der Waals surface area contributed by atoms with Gasteiger partial charge >= 0.3 is 0 Å². The number of ketones is 1. The van der Waals surface area contributed by atoms with Crippen LogP contribution in [0.5, 0.6) is 0 Å². The van der Waals surface area contributed by atoms with E-state index in [1.807, 2.05) is 49.4 Å². The van der Waals surface area contributed by atoms with E-state index in [1.165, 1.54) is 0 Å². The molecule has 1 aliphatic heterocycles. The molecule has 0 N–H and O–H groups in total. The van der Waals surface area contributed by atoms with E-state index in [0.717, 1.165) is 10.8 Å². The Hall–Kier alpha value is -2.20. The number of ether oxygens (including phenoxy) is 1. The minimum absolute atomic E-state index is 0.0189. The molecule has 2 aromatic rings. The van der Waals surface area contributed by atoms with E-state index in [2.05, 4.69) is 0 Å². The third-order valence-electron chi connectivity index (χ3n) is 4.23. The Balaban J connectivity index is 1.60. The van der Waals surface area contributed by atoms with Crippen LogP contribution in [0.2, 0.25) is 0 Å². The lowest BCUT2D eigenvalue weighted by atomic mass is 10.0. The molecule has 1 saturated heterocycles. The van der Waals surface area contributed by atoms with E-state index in [-0.39, 0.29) is 30.6 Å². The number of benzene rings is 2. The number of fused-ring (bicyclic) bond motifs is 1. The van der Waals surface area contributed by atoms with Gasteiger partial charge in [0.25, 0.3) is 0 Å². The Bertz CT molecular complexity index is 725. The highest BCUT2D eigenvalue weighted by atomic mass is 16.5. The summed E-state index contributed by atoms with van der Waals surface area (Å²) in [5.74, 6) is 0.0553. The first-order valence-corrected chi connectivity index (χ1v) is 8.05. The van der Waals surface area contributed by atoms with Crippen LogP contribution in [0.4, 0.5) is 0 Å². The number of morpholine rings is 1. The van der Waals surface area contributed by atoms with Gasteiger partial charge < -0.3 is 9.64 Å². The summed E-state index contributed by atoms with van der Waals surface area (Å²) < 4.78 is 5.43. The van der Waals surface area contributed by atoms with Crippen molar-refractivity contribution in [1.82, 2.24) is 4.90 Å². The number of Topliss-reactive ketones (excluding diaryl/α,β-unsaturated/α-hetero) is 1. The molecule has 0 bridgehead atoms. The normalized spacial score (nSPS) is 18.1. The van der Waals surface area contributed by atoms with Crippen LogP contribution in [0.25, 0.3) is 10.8 Å². The molecule has 4 nitrogen and oxygen atoms in total. The van der Waals surface area contributed by atoms with Crippen molar-refractivity contribution < 1.29 is 14.3 Å². The van der Waals surface area contributed by atoms with Crippen molar-refractivity contribution in [3.8, 4) is 0 Å². The predicted octanol–water partition coefficient (Wildman–Crippen LogP) is 3.05. The van der Waals surface area contributed by atoms with Crippen LogP contribution in [0.15, 0.2) is 42.5 Å². The highest BCUT2D eigenvalue weighted by Crippen LogP contribution is 2.17. The van der Waals surface area contributed by atoms with Crippen molar-refractivity contribution in [2.24, 2.45) is 0 Å². The first kappa shape index (κ1) is 15.7. The topological polar surface area (TPSA) is 46.6 Å². The van der Waals surface area contributed by atoms with Crippen LogP contribution in [0.1, 0.15) is 30.1 Å². The molecular formula is C19H21NO3. The quantitative estimate of drug-likeness (QED) is 0.815. The van der Waals surface area contributed by atoms with E-state index in [9.17, 15) is 9.59 Å². The van der Waals surface area contributed by atoms with Gasteiger partial charge in [0.05, 0.1) is 12.7 Å². The maximum absolute atomic E-state index is 12.3. The van der Waals surface area contributed by atoms with Crippen molar-refractivity contribution in [3.05, 3.63) is 48.0 Å². The second-order valence-electron chi connectivity index (χ2n) is 6.01. The molecule has 0 spiro atoms. The number of carbonyl (C=O) groups excluding carboxylic acids is 2. The van der Waals surface area contributed by atoms with Gasteiger partial charge in [-0.2, -0.15) is 0 Å². The zero-order chi connectivity index (χ0) is 16.2. The lowest BCUT2D eigenvalue weighted by molar-refractivity contribution is -0.138. The molecule has 0 saturated carbocycles. The fourth-order valence-corrected chi connectivity index (χ4v) is 2.93. The molecular weight excluding hydrogens is 290 g/mol. The summed E-state index contributed by atoms with van der Waals surface area (Å²) in [6.07, 6.45) is 0.588. The summed E-state index contributed by atoms with van der Waals surface area (Å²) in [4.78, 5) is 26.3. The summed E-state index contributed by atoms with van der Waals surface area (Å²) in [7, 11) is 0. The van der Waals surface area contributed by atoms with Gasteiger partial charge in [0.2, 0.25) is 5.91 Å². The Kier molecular flexibility index (Phi) is 4.72. The van der Waals surface area contributed by atoms with E-state index in [1.54, 1.807) is 4.90 Å². The Morgan fingerprint density at radius 2 is 1.91 bits per heavy atom. The Morgan fingerprint density at radius 1 is 1.13 bits per heavy atom. The van der Waals surface area contributed by atoms with Gasteiger partial charge in [-0.05, 0) is 23.8 Å². The summed E-state index contributed by atoms with van der Waals surface area (Å²) in [5.41, 5.74) is 0.673. The minimum atomic E-state index is 0.0189. The van der Waals surface area contributed by atoms with Gasteiger partial charge in [-0.3, -0.25) is 9.59 Å². The van der Waals surface area contributed by atoms with Gasteiger partial charge in [-0.1, -0.05) is 36.4 Å². The lowest BCUT2D eigenvalue weighted by Gasteiger charge is -2.31. The fourth-order valence-electron chi connectivity index (χ4n) is 2.93. The summed E-state index contributed by atoms with van der Waals surface area (Å²) in [6.45, 7) is 3.77. The SMILES string of the molecule is CC1CN(C(=O)CCC(=O)c2ccc3ccccc3c2)CCO1. The lowest BCUT2D eigenvalue weighted by Crippen LogP contribution is -2.44. The molecule has 1 atom stereocenters. The number of rotatable bonds is 4. The van der Waals surface area contributed by atoms with Crippen LogP contribution < -0.4 is 0 Å². The molecule has 1 aliphatic rings. The monoisotopic (exact) mass is 311 g/mol. The first-order valence-electron chi connectivity index (χ1n) is 8.05. The van der Waals surface area contributed by atoms with Crippen LogP contribution in [0.3, 0.4) is 0 Å². The van der Waals surface area contributed by atoms with Crippen LogP contribution in [0, 0.1) is 0 Å². The minimum Gasteiger partial charge on any atom is -0.375 e. The van der Waals surface area contributed by atoms with Crippen LogP contribution in [-0.2, 0) is 9.53 Å². The maximum atomic E-state index is 12.3. The molecule has 0 aromatic heterocycles. The number of hydrogen-bond acceptors (Lipinski definition) is 3. The van der Waals surface area contributed by atoms with Crippen molar-refractivity contribution in [1.29, 1.82) is 0 Å². The van der Waals surface area contributed by atoms with Crippen molar-refractivity contribution in [2.75, 3.05) is 19.7 Å². The second-order valence-corrected chi connectivity index (χ2v) is 6.01. The molecule has 0 radical (unpaired) electrons. The smallest absolute Gasteiger partial charge is 0.223 e. The van der Waals surface area contributed by atoms with Gasteiger partial charge in [0, 0.05) is 31.5 Å². The third-order valence-corrected chi connectivity index (χ3v) is 4.23. The van der Waals surface area contributed by atoms with Gasteiger partial charge in [0.1, 0.15) is 0 Å². The summed E-state index contributed by atoms with van der Waals surface area (Å²) in [6, 6.07) is 13.6. The van der Waals surface area contributed by atoms with E-state index >= 15 is 0 Å². The summed E-state index contributed by atoms with van der Waals surface area (Å²) >= 11 is 0. The number of hydrogen-bond donors (Lipinski definition) is 0. The van der Waals surface area contributed by atoms with Crippen molar-refractivity contribution in [3.63, 3.8) is 0 Å². The Morgan fingerprint density at radius 3 is 2.70 bits per heavy atom. The highest BCUT2D eigenvalue weighted by Gasteiger charge is 2.21. The number of nitrogens with zero attached hydrogens (tertiary/aromatic N) is 1. The molecule has 4 heteroatoms.